The molecule has 0 bridgehead atoms. The second-order valence-electron chi connectivity index (χ2n) is 6.11. The summed E-state index contributed by atoms with van der Waals surface area (Å²) in [6.45, 7) is 4.71. The zero-order chi connectivity index (χ0) is 17.4. The van der Waals surface area contributed by atoms with Crippen molar-refractivity contribution in [3.05, 3.63) is 35.9 Å². The maximum absolute atomic E-state index is 12.6. The van der Waals surface area contributed by atoms with E-state index in [1.54, 1.807) is 4.90 Å². The molecule has 0 aromatic heterocycles. The third-order valence-corrected chi connectivity index (χ3v) is 4.37. The van der Waals surface area contributed by atoms with E-state index in [4.69, 9.17) is 9.84 Å². The van der Waals surface area contributed by atoms with E-state index in [0.717, 1.165) is 31.6 Å². The van der Waals surface area contributed by atoms with Crippen molar-refractivity contribution in [2.75, 3.05) is 26.3 Å². The molecular formula is C18H26N2O4. The highest BCUT2D eigenvalue weighted by molar-refractivity contribution is 5.76. The summed E-state index contributed by atoms with van der Waals surface area (Å²) in [6.07, 6.45) is 1.78. The van der Waals surface area contributed by atoms with Gasteiger partial charge in [-0.1, -0.05) is 30.3 Å². The lowest BCUT2D eigenvalue weighted by atomic mass is 10.00. The van der Waals surface area contributed by atoms with E-state index in [9.17, 15) is 9.59 Å². The number of nitrogens with zero attached hydrogens (tertiary/aromatic N) is 1. The van der Waals surface area contributed by atoms with Crippen molar-refractivity contribution < 1.29 is 19.4 Å². The quantitative estimate of drug-likeness (QED) is 0.803. The number of nitrogens with one attached hydrogen (secondary N) is 1. The molecule has 2 N–H and O–H groups in total. The zero-order valence-electron chi connectivity index (χ0n) is 14.1. The number of ether oxygens (including phenoxy) is 1. The molecule has 1 unspecified atom stereocenters. The summed E-state index contributed by atoms with van der Waals surface area (Å²) in [5, 5.41) is 12.0. The molecule has 1 aliphatic rings. The van der Waals surface area contributed by atoms with E-state index >= 15 is 0 Å². The van der Waals surface area contributed by atoms with Gasteiger partial charge >= 0.3 is 12.0 Å². The van der Waals surface area contributed by atoms with Crippen molar-refractivity contribution in [2.45, 2.75) is 32.2 Å². The van der Waals surface area contributed by atoms with Crippen molar-refractivity contribution in [3.63, 3.8) is 0 Å². The molecule has 2 rings (SSSR count). The van der Waals surface area contributed by atoms with Crippen LogP contribution < -0.4 is 5.32 Å². The topological polar surface area (TPSA) is 78.9 Å². The second kappa shape index (κ2) is 9.27. The SMILES string of the molecule is CCN(CC1CCOCC1)C(=O)NC(CC(=O)O)c1ccccc1. The molecule has 2 amide bonds. The van der Waals surface area contributed by atoms with E-state index in [0.29, 0.717) is 19.0 Å². The average molecular weight is 334 g/mol. The standard InChI is InChI=1S/C18H26N2O4/c1-2-20(13-14-8-10-24-11-9-14)18(23)19-16(12-17(21)22)15-6-4-3-5-7-15/h3-7,14,16H,2,8-13H2,1H3,(H,19,23)(H,21,22). The lowest BCUT2D eigenvalue weighted by molar-refractivity contribution is -0.137. The Morgan fingerprint density at radius 1 is 1.29 bits per heavy atom. The Hall–Kier alpha value is -2.08. The Morgan fingerprint density at radius 2 is 1.96 bits per heavy atom. The van der Waals surface area contributed by atoms with Gasteiger partial charge in [0.25, 0.3) is 0 Å². The zero-order valence-corrected chi connectivity index (χ0v) is 14.1. The van der Waals surface area contributed by atoms with Crippen LogP contribution in [-0.4, -0.2) is 48.3 Å². The average Bonchev–Trinajstić information content (AvgIpc) is 2.60. The minimum atomic E-state index is -0.934. The van der Waals surface area contributed by atoms with E-state index < -0.39 is 12.0 Å². The van der Waals surface area contributed by atoms with Gasteiger partial charge in [0, 0.05) is 26.3 Å². The van der Waals surface area contributed by atoms with Crippen LogP contribution in [0.1, 0.15) is 37.8 Å². The lowest BCUT2D eigenvalue weighted by Gasteiger charge is -2.30. The summed E-state index contributed by atoms with van der Waals surface area (Å²) in [5.74, 6) is -0.490. The highest BCUT2D eigenvalue weighted by atomic mass is 16.5. The number of carbonyl (C=O) groups excluding carboxylic acids is 1. The van der Waals surface area contributed by atoms with Crippen LogP contribution in [0.5, 0.6) is 0 Å². The van der Waals surface area contributed by atoms with Crippen molar-refractivity contribution >= 4 is 12.0 Å². The Balaban J connectivity index is 2.00. The normalized spacial score (nSPS) is 16.4. The first-order valence-corrected chi connectivity index (χ1v) is 8.50. The van der Waals surface area contributed by atoms with E-state index in [-0.39, 0.29) is 12.5 Å². The summed E-state index contributed by atoms with van der Waals surface area (Å²) >= 11 is 0. The molecule has 24 heavy (non-hydrogen) atoms. The number of carbonyl (C=O) groups is 2. The van der Waals surface area contributed by atoms with Gasteiger partial charge in [-0.3, -0.25) is 4.79 Å². The number of benzene rings is 1. The van der Waals surface area contributed by atoms with E-state index in [1.165, 1.54) is 0 Å². The number of aliphatic carboxylic acids is 1. The molecule has 0 radical (unpaired) electrons. The van der Waals surface area contributed by atoms with Crippen LogP contribution in [0.25, 0.3) is 0 Å². The highest BCUT2D eigenvalue weighted by Crippen LogP contribution is 2.19. The van der Waals surface area contributed by atoms with Crippen LogP contribution in [0.4, 0.5) is 4.79 Å². The first-order chi connectivity index (χ1) is 11.6. The predicted octanol–water partition coefficient (Wildman–Crippen LogP) is 2.66. The highest BCUT2D eigenvalue weighted by Gasteiger charge is 2.23. The maximum Gasteiger partial charge on any atom is 0.317 e. The lowest BCUT2D eigenvalue weighted by Crippen LogP contribution is -2.44. The number of hydrogen-bond acceptors (Lipinski definition) is 3. The summed E-state index contributed by atoms with van der Waals surface area (Å²) in [7, 11) is 0. The molecule has 0 spiro atoms. The summed E-state index contributed by atoms with van der Waals surface area (Å²) < 4.78 is 5.36. The summed E-state index contributed by atoms with van der Waals surface area (Å²) in [5.41, 5.74) is 0.801. The number of rotatable bonds is 7. The van der Waals surface area contributed by atoms with Gasteiger partial charge in [-0.2, -0.15) is 0 Å². The maximum atomic E-state index is 12.6. The minimum Gasteiger partial charge on any atom is -0.481 e. The second-order valence-corrected chi connectivity index (χ2v) is 6.11. The van der Waals surface area contributed by atoms with E-state index in [2.05, 4.69) is 5.32 Å². The Kier molecular flexibility index (Phi) is 7.06. The van der Waals surface area contributed by atoms with Crippen LogP contribution in [0.15, 0.2) is 30.3 Å². The molecule has 6 heteroatoms. The fourth-order valence-electron chi connectivity index (χ4n) is 2.95. The van der Waals surface area contributed by atoms with Gasteiger partial charge in [-0.05, 0) is 31.2 Å². The van der Waals surface area contributed by atoms with Crippen molar-refractivity contribution in [1.29, 1.82) is 0 Å². The number of carboxylic acid groups (broad SMARTS) is 1. The van der Waals surface area contributed by atoms with Gasteiger partial charge in [0.1, 0.15) is 0 Å². The molecule has 1 aromatic rings. The molecule has 6 nitrogen and oxygen atoms in total. The Bertz CT molecular complexity index is 529. The summed E-state index contributed by atoms with van der Waals surface area (Å²) in [4.78, 5) is 25.5. The van der Waals surface area contributed by atoms with Crippen molar-refractivity contribution in [1.82, 2.24) is 10.2 Å². The van der Waals surface area contributed by atoms with Gasteiger partial charge in [0.2, 0.25) is 0 Å². The Morgan fingerprint density at radius 3 is 2.54 bits per heavy atom. The summed E-state index contributed by atoms with van der Waals surface area (Å²) in [6, 6.07) is 8.49. The van der Waals surface area contributed by atoms with Gasteiger partial charge < -0.3 is 20.1 Å². The van der Waals surface area contributed by atoms with Crippen molar-refractivity contribution in [2.24, 2.45) is 5.92 Å². The Labute approximate surface area is 142 Å². The van der Waals surface area contributed by atoms with Crippen LogP contribution in [0.3, 0.4) is 0 Å². The molecule has 1 heterocycles. The van der Waals surface area contributed by atoms with Crippen LogP contribution in [0.2, 0.25) is 0 Å². The number of amides is 2. The largest absolute Gasteiger partial charge is 0.481 e. The molecule has 0 saturated carbocycles. The third kappa shape index (κ3) is 5.53. The minimum absolute atomic E-state index is 0.134. The smallest absolute Gasteiger partial charge is 0.317 e. The fraction of sp³-hybridized carbons (Fsp3) is 0.556. The van der Waals surface area contributed by atoms with Gasteiger partial charge in [-0.25, -0.2) is 4.79 Å². The van der Waals surface area contributed by atoms with Gasteiger partial charge in [0.15, 0.2) is 0 Å². The molecule has 1 atom stereocenters. The molecule has 0 aliphatic carbocycles. The predicted molar refractivity (Wildman–Crippen MR) is 90.8 cm³/mol. The monoisotopic (exact) mass is 334 g/mol. The first kappa shape index (κ1) is 18.3. The fourth-order valence-corrected chi connectivity index (χ4v) is 2.95. The van der Waals surface area contributed by atoms with Crippen LogP contribution in [-0.2, 0) is 9.53 Å². The third-order valence-electron chi connectivity index (χ3n) is 4.37. The molecule has 1 aliphatic heterocycles. The van der Waals surface area contributed by atoms with Crippen molar-refractivity contribution in [3.8, 4) is 0 Å². The van der Waals surface area contributed by atoms with Gasteiger partial charge in [0.05, 0.1) is 12.5 Å². The molecule has 1 fully saturated rings. The van der Waals surface area contributed by atoms with Gasteiger partial charge in [-0.15, -0.1) is 0 Å². The number of urea groups is 1. The molecular weight excluding hydrogens is 308 g/mol. The molecule has 1 aromatic carbocycles. The van der Waals surface area contributed by atoms with Crippen LogP contribution >= 0.6 is 0 Å². The van der Waals surface area contributed by atoms with Crippen LogP contribution in [0, 0.1) is 5.92 Å². The van der Waals surface area contributed by atoms with E-state index in [1.807, 2.05) is 37.3 Å². The molecule has 1 saturated heterocycles. The number of hydrogen-bond donors (Lipinski definition) is 2. The molecule has 132 valence electrons. The number of carboxylic acids is 1. The first-order valence-electron chi connectivity index (χ1n) is 8.50.